The molecule has 0 aromatic carbocycles. The molecule has 3 unspecified atom stereocenters. The fourth-order valence-electron chi connectivity index (χ4n) is 8.17. The van der Waals surface area contributed by atoms with Crippen LogP contribution >= 0.6 is 7.82 Å². The molecule has 0 bridgehead atoms. The summed E-state index contributed by atoms with van der Waals surface area (Å²) in [5, 5.41) is 13.9. The second-order valence-electron chi connectivity index (χ2n) is 20.3. The number of phosphoric acid groups is 1. The molecule has 0 heterocycles. The smallest absolute Gasteiger partial charge is 0.268 e. The molecule has 0 aromatic heterocycles. The highest BCUT2D eigenvalue weighted by atomic mass is 31.2. The SMILES string of the molecule is CCCCCCCCCC/C=C\CCCCCCCCCCCC(=O)NC(COP(=O)([O-])OCC[N+](C)(C)C)C(O)/C=C/CC/C=C/CCCCCCCCCCCCCCCCCC. The summed E-state index contributed by atoms with van der Waals surface area (Å²) < 4.78 is 23.3. The molecule has 0 rings (SSSR count). The molecule has 3 atom stereocenters. The molecule has 0 aliphatic heterocycles. The van der Waals surface area contributed by atoms with Crippen LogP contribution in [0.25, 0.3) is 0 Å². The van der Waals surface area contributed by atoms with Crippen molar-refractivity contribution in [3.63, 3.8) is 0 Å². The molecule has 2 N–H and O–H groups in total. The lowest BCUT2D eigenvalue weighted by Crippen LogP contribution is -2.45. The van der Waals surface area contributed by atoms with Crippen LogP contribution in [0.5, 0.6) is 0 Å². The van der Waals surface area contributed by atoms with Gasteiger partial charge in [0.15, 0.2) is 0 Å². The van der Waals surface area contributed by atoms with Gasteiger partial charge in [0.05, 0.1) is 39.9 Å². The van der Waals surface area contributed by atoms with Gasteiger partial charge in [0, 0.05) is 6.42 Å². The highest BCUT2D eigenvalue weighted by molar-refractivity contribution is 7.45. The first kappa shape index (κ1) is 63.7. The molecule has 0 aliphatic carbocycles. The second-order valence-corrected chi connectivity index (χ2v) is 21.7. The molecule has 8 nitrogen and oxygen atoms in total. The molecular formula is C56H109N2O6P. The fourth-order valence-corrected chi connectivity index (χ4v) is 8.89. The minimum Gasteiger partial charge on any atom is -0.756 e. The molecular weight excluding hydrogens is 828 g/mol. The quantitative estimate of drug-likeness (QED) is 0.0272. The first-order valence-corrected chi connectivity index (χ1v) is 29.3. The van der Waals surface area contributed by atoms with E-state index in [2.05, 4.69) is 43.5 Å². The van der Waals surface area contributed by atoms with Crippen molar-refractivity contribution in [1.82, 2.24) is 5.32 Å². The summed E-state index contributed by atoms with van der Waals surface area (Å²) in [7, 11) is 1.25. The Morgan fingerprint density at radius 2 is 0.862 bits per heavy atom. The van der Waals surface area contributed by atoms with Crippen molar-refractivity contribution in [2.45, 2.75) is 276 Å². The summed E-state index contributed by atoms with van der Waals surface area (Å²) in [4.78, 5) is 25.5. The van der Waals surface area contributed by atoms with E-state index in [1.165, 1.54) is 205 Å². The van der Waals surface area contributed by atoms with Crippen molar-refractivity contribution >= 4 is 13.7 Å². The van der Waals surface area contributed by atoms with E-state index in [0.717, 1.165) is 38.5 Å². The third-order valence-corrected chi connectivity index (χ3v) is 13.5. The van der Waals surface area contributed by atoms with Crippen LogP contribution in [-0.2, 0) is 18.4 Å². The molecule has 0 saturated heterocycles. The fraction of sp³-hybridized carbons (Fsp3) is 0.875. The van der Waals surface area contributed by atoms with Gasteiger partial charge in [-0.25, -0.2) is 0 Å². The van der Waals surface area contributed by atoms with Crippen LogP contribution in [0.15, 0.2) is 36.5 Å². The van der Waals surface area contributed by atoms with E-state index in [9.17, 15) is 19.4 Å². The third-order valence-electron chi connectivity index (χ3n) is 12.6. The van der Waals surface area contributed by atoms with E-state index < -0.39 is 26.6 Å². The zero-order chi connectivity index (χ0) is 47.8. The maximum atomic E-state index is 12.9. The molecule has 0 spiro atoms. The number of allylic oxidation sites excluding steroid dienone is 5. The molecule has 0 aromatic rings. The Bertz CT molecular complexity index is 1150. The predicted molar refractivity (Wildman–Crippen MR) is 279 cm³/mol. The van der Waals surface area contributed by atoms with E-state index in [4.69, 9.17) is 9.05 Å². The average molecular weight is 937 g/mol. The third kappa shape index (κ3) is 50.4. The number of hydrogen-bond donors (Lipinski definition) is 2. The van der Waals surface area contributed by atoms with E-state index >= 15 is 0 Å². The van der Waals surface area contributed by atoms with Gasteiger partial charge in [-0.3, -0.25) is 9.36 Å². The Hall–Kier alpha value is -1.28. The summed E-state index contributed by atoms with van der Waals surface area (Å²) in [5.74, 6) is -0.207. The van der Waals surface area contributed by atoms with Crippen LogP contribution in [0, 0.1) is 0 Å². The average Bonchev–Trinajstić information content (AvgIpc) is 3.26. The van der Waals surface area contributed by atoms with Crippen LogP contribution in [-0.4, -0.2) is 68.5 Å². The van der Waals surface area contributed by atoms with Crippen molar-refractivity contribution in [2.75, 3.05) is 40.9 Å². The number of carbonyl (C=O) groups is 1. The predicted octanol–water partition coefficient (Wildman–Crippen LogP) is 16.0. The summed E-state index contributed by atoms with van der Waals surface area (Å²) in [6, 6.07) is -0.904. The van der Waals surface area contributed by atoms with Crippen LogP contribution in [0.4, 0.5) is 0 Å². The lowest BCUT2D eigenvalue weighted by Gasteiger charge is -2.29. The van der Waals surface area contributed by atoms with Crippen molar-refractivity contribution in [3.8, 4) is 0 Å². The lowest BCUT2D eigenvalue weighted by atomic mass is 10.0. The van der Waals surface area contributed by atoms with Gasteiger partial charge < -0.3 is 28.8 Å². The first-order valence-electron chi connectivity index (χ1n) is 27.9. The van der Waals surface area contributed by atoms with E-state index in [-0.39, 0.29) is 12.5 Å². The number of aliphatic hydroxyl groups excluding tert-OH is 1. The number of likely N-dealkylation sites (N-methyl/N-ethyl adjacent to an activating group) is 1. The zero-order valence-corrected chi connectivity index (χ0v) is 44.6. The second kappa shape index (κ2) is 47.8. The van der Waals surface area contributed by atoms with E-state index in [1.54, 1.807) is 6.08 Å². The zero-order valence-electron chi connectivity index (χ0n) is 43.7. The summed E-state index contributed by atoms with van der Waals surface area (Å²) in [5.41, 5.74) is 0. The molecule has 1 amide bonds. The van der Waals surface area contributed by atoms with Gasteiger partial charge in [0.1, 0.15) is 13.2 Å². The Labute approximate surface area is 404 Å². The first-order chi connectivity index (χ1) is 31.5. The van der Waals surface area contributed by atoms with Crippen molar-refractivity contribution in [3.05, 3.63) is 36.5 Å². The van der Waals surface area contributed by atoms with Gasteiger partial charge in [-0.1, -0.05) is 237 Å². The minimum absolute atomic E-state index is 0.00613. The Kier molecular flexibility index (Phi) is 46.8. The molecule has 0 radical (unpaired) electrons. The maximum absolute atomic E-state index is 12.9. The molecule has 0 saturated carbocycles. The Morgan fingerprint density at radius 1 is 0.523 bits per heavy atom. The van der Waals surface area contributed by atoms with E-state index in [1.807, 2.05) is 27.2 Å². The minimum atomic E-state index is -4.60. The van der Waals surface area contributed by atoms with Gasteiger partial charge in [0.2, 0.25) is 5.91 Å². The topological polar surface area (TPSA) is 108 Å². The molecule has 0 aliphatic rings. The van der Waals surface area contributed by atoms with Gasteiger partial charge in [0.25, 0.3) is 7.82 Å². The Morgan fingerprint density at radius 3 is 1.25 bits per heavy atom. The molecule has 65 heavy (non-hydrogen) atoms. The number of rotatable bonds is 51. The van der Waals surface area contributed by atoms with Crippen LogP contribution in [0.2, 0.25) is 0 Å². The maximum Gasteiger partial charge on any atom is 0.268 e. The molecule has 384 valence electrons. The Balaban J connectivity index is 4.29. The lowest BCUT2D eigenvalue weighted by molar-refractivity contribution is -0.870. The van der Waals surface area contributed by atoms with Crippen LogP contribution < -0.4 is 10.2 Å². The number of quaternary nitrogens is 1. The number of carbonyl (C=O) groups excluding carboxylic acids is 1. The van der Waals surface area contributed by atoms with Crippen LogP contribution in [0.1, 0.15) is 264 Å². The largest absolute Gasteiger partial charge is 0.756 e. The summed E-state index contributed by atoms with van der Waals surface area (Å²) in [6.45, 7) is 4.66. The number of nitrogens with zero attached hydrogens (tertiary/aromatic N) is 1. The number of aliphatic hydroxyl groups is 1. The number of amides is 1. The van der Waals surface area contributed by atoms with Crippen molar-refractivity contribution < 1.29 is 32.9 Å². The summed E-state index contributed by atoms with van der Waals surface area (Å²) >= 11 is 0. The van der Waals surface area contributed by atoms with Crippen molar-refractivity contribution in [2.24, 2.45) is 0 Å². The highest BCUT2D eigenvalue weighted by Gasteiger charge is 2.23. The number of unbranched alkanes of at least 4 members (excludes halogenated alkanes) is 34. The normalized spacial score (nSPS) is 14.3. The van der Waals surface area contributed by atoms with Gasteiger partial charge in [-0.2, -0.15) is 0 Å². The van der Waals surface area contributed by atoms with Gasteiger partial charge in [-0.15, -0.1) is 0 Å². The van der Waals surface area contributed by atoms with Crippen molar-refractivity contribution in [1.29, 1.82) is 0 Å². The highest BCUT2D eigenvalue weighted by Crippen LogP contribution is 2.38. The number of nitrogens with one attached hydrogen (secondary N) is 1. The molecule has 9 heteroatoms. The van der Waals surface area contributed by atoms with Gasteiger partial charge >= 0.3 is 0 Å². The standard InChI is InChI=1S/C56H109N2O6P/c1-6-8-10-12-14-16-18-20-22-24-26-28-30-31-33-35-37-39-41-43-45-47-49-55(59)54(53-64-65(61,62)63-52-51-58(3,4)5)57-56(60)50-48-46-44-42-40-38-36-34-32-29-27-25-23-21-19-17-15-13-11-9-7-2/h25,27,39,41,47,49,54-55,59H,6-24,26,28-38,40,42-46,48,50-53H2,1-5H3,(H-,57,60,61,62)/b27-25-,41-39+,49-47+. The summed E-state index contributed by atoms with van der Waals surface area (Å²) in [6.07, 6.45) is 60.7. The van der Waals surface area contributed by atoms with Gasteiger partial charge in [-0.05, 0) is 57.8 Å². The van der Waals surface area contributed by atoms with Crippen LogP contribution in [0.3, 0.4) is 0 Å². The molecule has 0 fully saturated rings. The number of hydrogen-bond acceptors (Lipinski definition) is 6. The monoisotopic (exact) mass is 937 g/mol. The van der Waals surface area contributed by atoms with E-state index in [0.29, 0.717) is 17.4 Å². The number of phosphoric ester groups is 1.